The highest BCUT2D eigenvalue weighted by Gasteiger charge is 2.12. The average molecular weight is 492 g/mol. The number of aromatic nitrogens is 2. The van der Waals surface area contributed by atoms with Gasteiger partial charge in [-0.3, -0.25) is 9.52 Å². The Balaban J connectivity index is 2.00. The van der Waals surface area contributed by atoms with E-state index in [-0.39, 0.29) is 0 Å². The number of aromatic amines is 1. The Morgan fingerprint density at radius 3 is 2.40 bits per heavy atom. The molecule has 10 heteroatoms. The van der Waals surface area contributed by atoms with Gasteiger partial charge >= 0.3 is 5.69 Å². The van der Waals surface area contributed by atoms with Crippen molar-refractivity contribution in [2.75, 3.05) is 18.1 Å². The lowest BCUT2D eigenvalue weighted by atomic mass is 10.1. The first-order valence-electron chi connectivity index (χ1n) is 8.62. The molecular formula is C20H18BrN3O5S. The second kappa shape index (κ2) is 8.72. The van der Waals surface area contributed by atoms with Crippen LogP contribution in [0.4, 0.5) is 5.69 Å². The van der Waals surface area contributed by atoms with E-state index in [1.165, 1.54) is 19.4 Å². The summed E-state index contributed by atoms with van der Waals surface area (Å²) in [6, 6.07) is 11.3. The van der Waals surface area contributed by atoms with E-state index in [0.29, 0.717) is 27.2 Å². The van der Waals surface area contributed by atoms with Crippen molar-refractivity contribution in [2.45, 2.75) is 0 Å². The van der Waals surface area contributed by atoms with Crippen LogP contribution in [-0.2, 0) is 10.0 Å². The van der Waals surface area contributed by atoms with Gasteiger partial charge in [0.2, 0.25) is 10.0 Å². The zero-order chi connectivity index (χ0) is 21.9. The van der Waals surface area contributed by atoms with Gasteiger partial charge in [-0.1, -0.05) is 24.3 Å². The number of methoxy groups -OCH3 is 1. The number of H-pyrrole nitrogens is 1. The van der Waals surface area contributed by atoms with E-state index in [4.69, 9.17) is 4.74 Å². The summed E-state index contributed by atoms with van der Waals surface area (Å²) in [7, 11) is -1.82. The first-order chi connectivity index (χ1) is 14.2. The number of halogens is 1. The van der Waals surface area contributed by atoms with Crippen LogP contribution >= 0.6 is 15.9 Å². The van der Waals surface area contributed by atoms with Gasteiger partial charge < -0.3 is 9.72 Å². The number of nitrogens with one attached hydrogen (secondary N) is 2. The summed E-state index contributed by atoms with van der Waals surface area (Å²) in [4.78, 5) is 26.8. The molecule has 0 radical (unpaired) electrons. The summed E-state index contributed by atoms with van der Waals surface area (Å²) in [5, 5.41) is 0. The Kier molecular flexibility index (Phi) is 6.28. The third-order valence-corrected chi connectivity index (χ3v) is 5.24. The van der Waals surface area contributed by atoms with Crippen LogP contribution in [0.3, 0.4) is 0 Å². The molecule has 156 valence electrons. The number of rotatable bonds is 6. The van der Waals surface area contributed by atoms with E-state index in [0.717, 1.165) is 16.4 Å². The fourth-order valence-electron chi connectivity index (χ4n) is 2.80. The van der Waals surface area contributed by atoms with E-state index in [9.17, 15) is 18.0 Å². The molecular weight excluding hydrogens is 474 g/mol. The molecule has 0 fully saturated rings. The molecule has 0 atom stereocenters. The second-order valence-electron chi connectivity index (χ2n) is 6.34. The van der Waals surface area contributed by atoms with Gasteiger partial charge in [0.1, 0.15) is 5.75 Å². The van der Waals surface area contributed by atoms with Crippen molar-refractivity contribution in [3.05, 3.63) is 85.1 Å². The Hall–Kier alpha value is -3.11. The van der Waals surface area contributed by atoms with Crippen molar-refractivity contribution in [3.8, 4) is 11.4 Å². The molecule has 3 rings (SSSR count). The van der Waals surface area contributed by atoms with Crippen molar-refractivity contribution >= 4 is 43.8 Å². The predicted molar refractivity (Wildman–Crippen MR) is 121 cm³/mol. The molecule has 3 aromatic rings. The van der Waals surface area contributed by atoms with Crippen LogP contribution in [0.15, 0.2) is 62.7 Å². The largest absolute Gasteiger partial charge is 0.495 e. The number of sulfonamides is 1. The molecule has 30 heavy (non-hydrogen) atoms. The van der Waals surface area contributed by atoms with E-state index >= 15 is 0 Å². The maximum Gasteiger partial charge on any atom is 0.332 e. The van der Waals surface area contributed by atoms with Gasteiger partial charge in [0, 0.05) is 23.5 Å². The Labute approximate surface area is 181 Å². The van der Waals surface area contributed by atoms with Gasteiger partial charge in [-0.15, -0.1) is 0 Å². The molecule has 0 aliphatic rings. The van der Waals surface area contributed by atoms with E-state index < -0.39 is 21.3 Å². The van der Waals surface area contributed by atoms with Crippen LogP contribution in [0.5, 0.6) is 5.75 Å². The molecule has 0 unspecified atom stereocenters. The molecule has 1 aromatic heterocycles. The maximum absolute atomic E-state index is 12.2. The van der Waals surface area contributed by atoms with E-state index in [1.807, 2.05) is 0 Å². The van der Waals surface area contributed by atoms with Gasteiger partial charge in [-0.25, -0.2) is 17.8 Å². The first-order valence-corrected chi connectivity index (χ1v) is 11.3. The van der Waals surface area contributed by atoms with Gasteiger partial charge in [0.05, 0.1) is 23.5 Å². The van der Waals surface area contributed by atoms with Crippen LogP contribution in [0, 0.1) is 0 Å². The van der Waals surface area contributed by atoms with Gasteiger partial charge in [0.25, 0.3) is 5.56 Å². The highest BCUT2D eigenvalue weighted by atomic mass is 79.9. The Morgan fingerprint density at radius 1 is 1.10 bits per heavy atom. The Bertz CT molecular complexity index is 1300. The van der Waals surface area contributed by atoms with Crippen molar-refractivity contribution < 1.29 is 13.2 Å². The molecule has 8 nitrogen and oxygen atoms in total. The van der Waals surface area contributed by atoms with Crippen LogP contribution in [0.2, 0.25) is 0 Å². The third kappa shape index (κ3) is 5.08. The fourth-order valence-corrected chi connectivity index (χ4v) is 3.99. The van der Waals surface area contributed by atoms with E-state index in [2.05, 4.69) is 25.6 Å². The third-order valence-electron chi connectivity index (χ3n) is 4.04. The van der Waals surface area contributed by atoms with Crippen molar-refractivity contribution in [2.24, 2.45) is 0 Å². The lowest BCUT2D eigenvalue weighted by Gasteiger charge is -2.12. The van der Waals surface area contributed by atoms with Crippen molar-refractivity contribution in [1.29, 1.82) is 0 Å². The van der Waals surface area contributed by atoms with Gasteiger partial charge in [-0.05, 0) is 45.8 Å². The first kappa shape index (κ1) is 21.6. The average Bonchev–Trinajstić information content (AvgIpc) is 2.66. The minimum Gasteiger partial charge on any atom is -0.495 e. The highest BCUT2D eigenvalue weighted by molar-refractivity contribution is 9.10. The number of ether oxygens (including phenoxy) is 1. The SMILES string of the molecule is COc1c(Br)cc(-n2c(=O)cc[nH]c2=O)cc1C=Cc1ccc(NS(C)(=O)=O)cc1. The maximum atomic E-state index is 12.2. The second-order valence-corrected chi connectivity index (χ2v) is 8.94. The lowest BCUT2D eigenvalue weighted by Crippen LogP contribution is -2.32. The number of hydrogen-bond donors (Lipinski definition) is 2. The molecule has 0 bridgehead atoms. The van der Waals surface area contributed by atoms with Crippen LogP contribution in [0.1, 0.15) is 11.1 Å². The molecule has 0 saturated heterocycles. The monoisotopic (exact) mass is 491 g/mol. The van der Waals surface area contributed by atoms with Gasteiger partial charge in [-0.2, -0.15) is 0 Å². The fraction of sp³-hybridized carbons (Fsp3) is 0.100. The highest BCUT2D eigenvalue weighted by Crippen LogP contribution is 2.32. The standard InChI is InChI=1S/C20H18BrN3O5S/c1-29-19-14(6-3-13-4-7-15(8-5-13)23-30(2,27)28)11-16(12-17(19)21)24-18(25)9-10-22-20(24)26/h3-12,23H,1-2H3,(H,22,26). The summed E-state index contributed by atoms with van der Waals surface area (Å²) < 4.78 is 32.0. The minimum atomic E-state index is -3.34. The molecule has 1 heterocycles. The van der Waals surface area contributed by atoms with Crippen molar-refractivity contribution in [3.63, 3.8) is 0 Å². The van der Waals surface area contributed by atoms with Crippen molar-refractivity contribution in [1.82, 2.24) is 9.55 Å². The molecule has 2 N–H and O–H groups in total. The van der Waals surface area contributed by atoms with Crippen LogP contribution in [-0.4, -0.2) is 31.3 Å². The molecule has 2 aromatic carbocycles. The lowest BCUT2D eigenvalue weighted by molar-refractivity contribution is 0.411. The molecule has 0 amide bonds. The van der Waals surface area contributed by atoms with Crippen LogP contribution < -0.4 is 20.7 Å². The topological polar surface area (TPSA) is 110 Å². The molecule has 0 spiro atoms. The summed E-state index contributed by atoms with van der Waals surface area (Å²) >= 11 is 3.42. The predicted octanol–water partition coefficient (Wildman–Crippen LogP) is 2.84. The normalized spacial score (nSPS) is 11.6. The molecule has 0 aliphatic heterocycles. The smallest absolute Gasteiger partial charge is 0.332 e. The number of hydrogen-bond acceptors (Lipinski definition) is 5. The summed E-state index contributed by atoms with van der Waals surface area (Å²) in [5.41, 5.74) is 1.27. The summed E-state index contributed by atoms with van der Waals surface area (Å²) in [5.74, 6) is 0.533. The van der Waals surface area contributed by atoms with E-state index in [1.54, 1.807) is 48.6 Å². The number of nitrogens with zero attached hydrogens (tertiary/aromatic N) is 1. The number of anilines is 1. The number of benzene rings is 2. The zero-order valence-corrected chi connectivity index (χ0v) is 18.5. The molecule has 0 aliphatic carbocycles. The Morgan fingerprint density at radius 2 is 1.80 bits per heavy atom. The quantitative estimate of drug-likeness (QED) is 0.515. The van der Waals surface area contributed by atoms with Crippen LogP contribution in [0.25, 0.3) is 17.8 Å². The minimum absolute atomic E-state index is 0.377. The summed E-state index contributed by atoms with van der Waals surface area (Å²) in [6.45, 7) is 0. The summed E-state index contributed by atoms with van der Waals surface area (Å²) in [6.07, 6.45) is 5.95. The zero-order valence-electron chi connectivity index (χ0n) is 16.0. The molecule has 0 saturated carbocycles. The van der Waals surface area contributed by atoms with Gasteiger partial charge in [0.15, 0.2) is 0 Å².